The van der Waals surface area contributed by atoms with Gasteiger partial charge in [0.15, 0.2) is 0 Å². The number of alkyl halides is 1. The molecule has 0 bridgehead atoms. The van der Waals surface area contributed by atoms with E-state index in [2.05, 4.69) is 0 Å². The van der Waals surface area contributed by atoms with Crippen molar-refractivity contribution in [2.24, 2.45) is 0 Å². The van der Waals surface area contributed by atoms with Gasteiger partial charge in [-0.15, -0.1) is 11.6 Å². The Balaban J connectivity index is 1.93. The lowest BCUT2D eigenvalue weighted by molar-refractivity contribution is -0.131. The molecule has 1 amide bonds. The van der Waals surface area contributed by atoms with Crippen molar-refractivity contribution in [3.63, 3.8) is 0 Å². The number of carbonyl (C=O) groups is 1. The number of carbonyl (C=O) groups excluding carboxylic acids is 1. The lowest BCUT2D eigenvalue weighted by atomic mass is 10.1. The van der Waals surface area contributed by atoms with Crippen LogP contribution in [0, 0.1) is 5.82 Å². The average Bonchev–Trinajstić information content (AvgIpc) is 2.29. The summed E-state index contributed by atoms with van der Waals surface area (Å²) in [6.45, 7) is 1.42. The molecule has 1 aliphatic rings. The van der Waals surface area contributed by atoms with Gasteiger partial charge in [0, 0.05) is 18.5 Å². The van der Waals surface area contributed by atoms with Gasteiger partial charge in [-0.2, -0.15) is 0 Å². The van der Waals surface area contributed by atoms with Crippen LogP contribution in [0.3, 0.4) is 0 Å². The van der Waals surface area contributed by atoms with E-state index in [4.69, 9.17) is 11.6 Å². The zero-order valence-electron chi connectivity index (χ0n) is 9.53. The smallest absolute Gasteiger partial charge is 0.226 e. The van der Waals surface area contributed by atoms with E-state index in [1.165, 1.54) is 12.1 Å². The normalized spacial score (nSPS) is 17.2. The minimum atomic E-state index is -0.297. The summed E-state index contributed by atoms with van der Waals surface area (Å²) in [5.41, 5.74) is 0.725. The first kappa shape index (κ1) is 12.4. The number of likely N-dealkylation sites (tertiary alicyclic amines) is 1. The second-order valence-electron chi connectivity index (χ2n) is 4.36. The zero-order valence-corrected chi connectivity index (χ0v) is 10.3. The van der Waals surface area contributed by atoms with Crippen molar-refractivity contribution < 1.29 is 9.18 Å². The molecule has 2 rings (SSSR count). The van der Waals surface area contributed by atoms with Crippen LogP contribution in [-0.4, -0.2) is 29.3 Å². The first-order valence-corrected chi connectivity index (χ1v) is 6.25. The van der Waals surface area contributed by atoms with Crippen molar-refractivity contribution in [1.29, 1.82) is 0 Å². The van der Waals surface area contributed by atoms with Crippen LogP contribution in [0.15, 0.2) is 24.3 Å². The van der Waals surface area contributed by atoms with E-state index in [1.54, 1.807) is 12.1 Å². The summed E-state index contributed by atoms with van der Waals surface area (Å²) in [4.78, 5) is 13.8. The van der Waals surface area contributed by atoms with Crippen molar-refractivity contribution in [3.8, 4) is 0 Å². The van der Waals surface area contributed by atoms with E-state index < -0.39 is 0 Å². The van der Waals surface area contributed by atoms with Crippen LogP contribution in [0.2, 0.25) is 0 Å². The maximum atomic E-state index is 13.0. The van der Waals surface area contributed by atoms with Crippen LogP contribution >= 0.6 is 11.6 Å². The Morgan fingerprint density at radius 3 is 2.76 bits per heavy atom. The molecule has 0 unspecified atom stereocenters. The predicted molar refractivity (Wildman–Crippen MR) is 65.6 cm³/mol. The topological polar surface area (TPSA) is 20.3 Å². The summed E-state index contributed by atoms with van der Waals surface area (Å²) in [6.07, 6.45) is 1.96. The molecule has 17 heavy (non-hydrogen) atoms. The summed E-state index contributed by atoms with van der Waals surface area (Å²) in [7, 11) is 0. The van der Waals surface area contributed by atoms with Crippen LogP contribution in [0.4, 0.5) is 4.39 Å². The van der Waals surface area contributed by atoms with Gasteiger partial charge in [0.05, 0.1) is 6.42 Å². The molecule has 0 saturated carbocycles. The van der Waals surface area contributed by atoms with E-state index in [9.17, 15) is 9.18 Å². The van der Waals surface area contributed by atoms with Gasteiger partial charge in [0.25, 0.3) is 0 Å². The second kappa shape index (κ2) is 5.50. The summed E-state index contributed by atoms with van der Waals surface area (Å²) in [6, 6.07) is 6.19. The first-order chi connectivity index (χ1) is 8.15. The van der Waals surface area contributed by atoms with Crippen LogP contribution in [0.25, 0.3) is 0 Å². The number of hydrogen-bond donors (Lipinski definition) is 0. The molecule has 1 aliphatic heterocycles. The van der Waals surface area contributed by atoms with Crippen molar-refractivity contribution in [3.05, 3.63) is 35.6 Å². The number of rotatable bonds is 2. The molecule has 1 aromatic rings. The third kappa shape index (κ3) is 3.43. The highest BCUT2D eigenvalue weighted by molar-refractivity contribution is 6.20. The minimum absolute atomic E-state index is 0.0548. The Bertz CT molecular complexity index is 402. The Hall–Kier alpha value is -1.09. The van der Waals surface area contributed by atoms with Crippen molar-refractivity contribution in [1.82, 2.24) is 4.90 Å². The number of piperidine rings is 1. The average molecular weight is 256 g/mol. The van der Waals surface area contributed by atoms with Crippen molar-refractivity contribution >= 4 is 17.5 Å². The minimum Gasteiger partial charge on any atom is -0.342 e. The molecule has 0 aromatic heterocycles. The number of halogens is 2. The summed E-state index contributed by atoms with van der Waals surface area (Å²) in [5.74, 6) is -0.242. The van der Waals surface area contributed by atoms with E-state index in [1.807, 2.05) is 4.90 Å². The molecule has 2 nitrogen and oxygen atoms in total. The van der Waals surface area contributed by atoms with E-state index in [0.717, 1.165) is 18.4 Å². The third-order valence-corrected chi connectivity index (χ3v) is 3.46. The Labute approximate surface area is 105 Å². The Morgan fingerprint density at radius 1 is 1.41 bits per heavy atom. The molecule has 0 spiro atoms. The zero-order chi connectivity index (χ0) is 12.3. The molecule has 4 heteroatoms. The molecular formula is C13H15ClFNO. The maximum absolute atomic E-state index is 13.0. The van der Waals surface area contributed by atoms with Gasteiger partial charge < -0.3 is 4.90 Å². The SMILES string of the molecule is O=C(Cc1cccc(F)c1)N1CCC(Cl)CC1. The van der Waals surface area contributed by atoms with Crippen molar-refractivity contribution in [2.75, 3.05) is 13.1 Å². The van der Waals surface area contributed by atoms with Crippen LogP contribution in [0.1, 0.15) is 18.4 Å². The van der Waals surface area contributed by atoms with Crippen molar-refractivity contribution in [2.45, 2.75) is 24.6 Å². The highest BCUT2D eigenvalue weighted by atomic mass is 35.5. The molecular weight excluding hydrogens is 241 g/mol. The predicted octanol–water partition coefficient (Wildman–Crippen LogP) is 2.60. The molecule has 0 aliphatic carbocycles. The van der Waals surface area contributed by atoms with Gasteiger partial charge in [-0.05, 0) is 30.5 Å². The van der Waals surface area contributed by atoms with E-state index in [0.29, 0.717) is 13.1 Å². The molecule has 0 radical (unpaired) electrons. The highest BCUT2D eigenvalue weighted by Crippen LogP contribution is 2.16. The standard InChI is InChI=1S/C13H15ClFNO/c14-11-4-6-16(7-5-11)13(17)9-10-2-1-3-12(15)8-10/h1-3,8,11H,4-7,9H2. The summed E-state index contributed by atoms with van der Waals surface area (Å²) >= 11 is 5.98. The van der Waals surface area contributed by atoms with Gasteiger partial charge >= 0.3 is 0 Å². The largest absolute Gasteiger partial charge is 0.342 e. The molecule has 0 atom stereocenters. The first-order valence-electron chi connectivity index (χ1n) is 5.81. The number of hydrogen-bond acceptors (Lipinski definition) is 1. The van der Waals surface area contributed by atoms with Gasteiger partial charge in [-0.1, -0.05) is 12.1 Å². The molecule has 1 fully saturated rings. The molecule has 1 heterocycles. The Morgan fingerprint density at radius 2 is 2.12 bits per heavy atom. The molecule has 0 N–H and O–H groups in total. The number of amides is 1. The molecule has 1 saturated heterocycles. The van der Waals surface area contributed by atoms with Gasteiger partial charge in [0.2, 0.25) is 5.91 Å². The highest BCUT2D eigenvalue weighted by Gasteiger charge is 2.21. The fraction of sp³-hybridized carbons (Fsp3) is 0.462. The summed E-state index contributed by atoms with van der Waals surface area (Å²) in [5, 5.41) is 0.188. The van der Waals surface area contributed by atoms with Gasteiger partial charge in [-0.25, -0.2) is 4.39 Å². The van der Waals surface area contributed by atoms with Crippen LogP contribution in [-0.2, 0) is 11.2 Å². The fourth-order valence-electron chi connectivity index (χ4n) is 2.03. The lowest BCUT2D eigenvalue weighted by Crippen LogP contribution is -2.39. The van der Waals surface area contributed by atoms with Crippen LogP contribution in [0.5, 0.6) is 0 Å². The molecule has 1 aromatic carbocycles. The lowest BCUT2D eigenvalue weighted by Gasteiger charge is -2.29. The number of benzene rings is 1. The molecule has 92 valence electrons. The van der Waals surface area contributed by atoms with Gasteiger partial charge in [0.1, 0.15) is 5.82 Å². The second-order valence-corrected chi connectivity index (χ2v) is 4.98. The van der Waals surface area contributed by atoms with E-state index in [-0.39, 0.29) is 23.5 Å². The Kier molecular flexibility index (Phi) is 4.00. The quantitative estimate of drug-likeness (QED) is 0.744. The monoisotopic (exact) mass is 255 g/mol. The number of nitrogens with zero attached hydrogens (tertiary/aromatic N) is 1. The van der Waals surface area contributed by atoms with E-state index >= 15 is 0 Å². The van der Waals surface area contributed by atoms with Gasteiger partial charge in [-0.3, -0.25) is 4.79 Å². The fourth-order valence-corrected chi connectivity index (χ4v) is 2.23. The summed E-state index contributed by atoms with van der Waals surface area (Å²) < 4.78 is 13.0. The third-order valence-electron chi connectivity index (χ3n) is 3.02. The maximum Gasteiger partial charge on any atom is 0.226 e. The van der Waals surface area contributed by atoms with Crippen LogP contribution < -0.4 is 0 Å².